The lowest BCUT2D eigenvalue weighted by Gasteiger charge is -2.19. The molecular weight excluding hydrogens is 519 g/mol. The fraction of sp³-hybridized carbons (Fsp3) is 0.471. The van der Waals surface area contributed by atoms with Gasteiger partial charge < -0.3 is 4.57 Å². The molecule has 0 saturated carbocycles. The molecule has 0 saturated heterocycles. The zero-order chi connectivity index (χ0) is 26.2. The molecule has 5 aromatic rings. The molecule has 0 fully saturated rings. The number of hydrogen-bond donors (Lipinski definition) is 0. The van der Waals surface area contributed by atoms with E-state index in [1.54, 1.807) is 0 Å². The fourth-order valence-electron chi connectivity index (χ4n) is 5.84. The standard InChI is InChI=1S/C34H43NS3/c1-3-5-7-9-10-12-16-26(15-11-8-6-4-2)25-35-29-23-27(31-17-13-21-36-31)19-20-28(29)34-30(35)24-33(38-34)32-18-14-22-37-32/h13-14,17-24,26H,3-12,15-16,25H2,1-2H3. The summed E-state index contributed by atoms with van der Waals surface area (Å²) in [6, 6.07) is 18.5. The molecule has 4 heteroatoms. The van der Waals surface area contributed by atoms with E-state index in [0.29, 0.717) is 0 Å². The summed E-state index contributed by atoms with van der Waals surface area (Å²) < 4.78 is 4.17. The van der Waals surface area contributed by atoms with E-state index in [4.69, 9.17) is 0 Å². The van der Waals surface area contributed by atoms with E-state index in [9.17, 15) is 0 Å². The van der Waals surface area contributed by atoms with Gasteiger partial charge in [-0.1, -0.05) is 102 Å². The third-order valence-electron chi connectivity index (χ3n) is 7.98. The predicted molar refractivity (Wildman–Crippen MR) is 174 cm³/mol. The highest BCUT2D eigenvalue weighted by Gasteiger charge is 2.19. The Balaban J connectivity index is 1.46. The Morgan fingerprint density at radius 3 is 2.00 bits per heavy atom. The summed E-state index contributed by atoms with van der Waals surface area (Å²) in [6.45, 7) is 5.78. The number of unbranched alkanes of at least 4 members (excludes halogenated alkanes) is 8. The van der Waals surface area contributed by atoms with Crippen LogP contribution in [0.25, 0.3) is 41.3 Å². The van der Waals surface area contributed by atoms with Gasteiger partial charge in [-0.05, 0) is 59.3 Å². The van der Waals surface area contributed by atoms with Gasteiger partial charge in [-0.15, -0.1) is 34.0 Å². The Bertz CT molecular complexity index is 1340. The molecule has 0 aliphatic heterocycles. The molecule has 0 spiro atoms. The lowest BCUT2D eigenvalue weighted by atomic mass is 9.94. The van der Waals surface area contributed by atoms with Crippen molar-refractivity contribution in [2.45, 2.75) is 97.4 Å². The maximum Gasteiger partial charge on any atom is 0.0607 e. The van der Waals surface area contributed by atoms with Gasteiger partial charge >= 0.3 is 0 Å². The first-order valence-electron chi connectivity index (χ1n) is 14.9. The van der Waals surface area contributed by atoms with Crippen LogP contribution in [-0.4, -0.2) is 4.57 Å². The molecule has 0 amide bonds. The second-order valence-corrected chi connectivity index (χ2v) is 13.8. The minimum absolute atomic E-state index is 0.757. The van der Waals surface area contributed by atoms with Crippen molar-refractivity contribution in [3.8, 4) is 20.2 Å². The van der Waals surface area contributed by atoms with Crippen LogP contribution in [0, 0.1) is 5.92 Å². The van der Waals surface area contributed by atoms with Gasteiger partial charge in [0.25, 0.3) is 0 Å². The van der Waals surface area contributed by atoms with Gasteiger partial charge in [0.1, 0.15) is 0 Å². The van der Waals surface area contributed by atoms with Gasteiger partial charge in [-0.3, -0.25) is 0 Å². The average molecular weight is 562 g/mol. The number of rotatable bonds is 16. The highest BCUT2D eigenvalue weighted by atomic mass is 32.1. The van der Waals surface area contributed by atoms with Crippen molar-refractivity contribution in [2.24, 2.45) is 5.92 Å². The molecule has 0 N–H and O–H groups in total. The van der Waals surface area contributed by atoms with E-state index in [1.165, 1.54) is 118 Å². The van der Waals surface area contributed by atoms with E-state index in [1.807, 2.05) is 34.0 Å². The SMILES string of the molecule is CCCCCCCCC(CCCCCC)Cn1c2cc(-c3cccs3)ccc2c2sc(-c3cccs3)cc21. The molecule has 5 rings (SSSR count). The summed E-state index contributed by atoms with van der Waals surface area (Å²) in [5, 5.41) is 5.82. The molecule has 202 valence electrons. The summed E-state index contributed by atoms with van der Waals surface area (Å²) in [5.41, 5.74) is 4.22. The van der Waals surface area contributed by atoms with Crippen molar-refractivity contribution in [3.05, 3.63) is 59.3 Å². The summed E-state index contributed by atoms with van der Waals surface area (Å²) in [6.07, 6.45) is 16.5. The zero-order valence-corrected chi connectivity index (χ0v) is 25.7. The average Bonchev–Trinajstić information content (AvgIpc) is 3.74. The normalized spacial score (nSPS) is 12.7. The second kappa shape index (κ2) is 14.0. The molecule has 0 bridgehead atoms. The van der Waals surface area contributed by atoms with Gasteiger partial charge in [0.2, 0.25) is 0 Å². The van der Waals surface area contributed by atoms with E-state index >= 15 is 0 Å². The number of benzene rings is 1. The lowest BCUT2D eigenvalue weighted by molar-refractivity contribution is 0.365. The van der Waals surface area contributed by atoms with E-state index in [2.05, 4.69) is 77.7 Å². The van der Waals surface area contributed by atoms with E-state index < -0.39 is 0 Å². The number of fused-ring (bicyclic) bond motifs is 3. The maximum absolute atomic E-state index is 2.71. The van der Waals surface area contributed by atoms with Crippen LogP contribution >= 0.6 is 34.0 Å². The van der Waals surface area contributed by atoms with Crippen molar-refractivity contribution in [2.75, 3.05) is 0 Å². The lowest BCUT2D eigenvalue weighted by Crippen LogP contribution is -2.11. The number of hydrogen-bond acceptors (Lipinski definition) is 3. The van der Waals surface area contributed by atoms with Crippen molar-refractivity contribution in [1.82, 2.24) is 4.57 Å². The Kier molecular flexibility index (Phi) is 10.2. The van der Waals surface area contributed by atoms with Crippen LogP contribution in [0.2, 0.25) is 0 Å². The van der Waals surface area contributed by atoms with Crippen LogP contribution in [0.1, 0.15) is 90.9 Å². The molecule has 1 aromatic carbocycles. The second-order valence-electron chi connectivity index (χ2n) is 10.9. The highest BCUT2D eigenvalue weighted by Crippen LogP contribution is 2.43. The van der Waals surface area contributed by atoms with Crippen LogP contribution in [0.5, 0.6) is 0 Å². The van der Waals surface area contributed by atoms with Gasteiger partial charge in [-0.2, -0.15) is 0 Å². The molecule has 0 radical (unpaired) electrons. The molecule has 4 aromatic heterocycles. The van der Waals surface area contributed by atoms with Crippen molar-refractivity contribution < 1.29 is 0 Å². The van der Waals surface area contributed by atoms with Crippen LogP contribution in [-0.2, 0) is 6.54 Å². The number of aromatic nitrogens is 1. The molecular formula is C34H43NS3. The first kappa shape index (κ1) is 27.7. The summed E-state index contributed by atoms with van der Waals surface area (Å²) in [5.74, 6) is 0.757. The van der Waals surface area contributed by atoms with Crippen LogP contribution < -0.4 is 0 Å². The molecule has 1 atom stereocenters. The van der Waals surface area contributed by atoms with Crippen LogP contribution in [0.3, 0.4) is 0 Å². The van der Waals surface area contributed by atoms with Crippen LogP contribution in [0.4, 0.5) is 0 Å². The van der Waals surface area contributed by atoms with E-state index in [0.717, 1.165) is 12.5 Å². The third kappa shape index (κ3) is 6.63. The zero-order valence-electron chi connectivity index (χ0n) is 23.2. The minimum atomic E-state index is 0.757. The Labute approximate surface area is 241 Å². The smallest absolute Gasteiger partial charge is 0.0607 e. The van der Waals surface area contributed by atoms with Gasteiger partial charge in [-0.25, -0.2) is 0 Å². The topological polar surface area (TPSA) is 4.93 Å². The molecule has 0 aliphatic carbocycles. The Morgan fingerprint density at radius 1 is 0.658 bits per heavy atom. The molecule has 0 aliphatic rings. The van der Waals surface area contributed by atoms with Crippen LogP contribution in [0.15, 0.2) is 59.3 Å². The summed E-state index contributed by atoms with van der Waals surface area (Å²) in [7, 11) is 0. The summed E-state index contributed by atoms with van der Waals surface area (Å²) >= 11 is 5.68. The van der Waals surface area contributed by atoms with E-state index in [-0.39, 0.29) is 0 Å². The minimum Gasteiger partial charge on any atom is -0.339 e. The van der Waals surface area contributed by atoms with Crippen molar-refractivity contribution in [1.29, 1.82) is 0 Å². The number of nitrogens with zero attached hydrogens (tertiary/aromatic N) is 1. The van der Waals surface area contributed by atoms with Gasteiger partial charge in [0, 0.05) is 26.6 Å². The maximum atomic E-state index is 2.71. The largest absolute Gasteiger partial charge is 0.339 e. The van der Waals surface area contributed by atoms with Gasteiger partial charge in [0.15, 0.2) is 0 Å². The molecule has 1 nitrogen and oxygen atoms in total. The first-order chi connectivity index (χ1) is 18.8. The third-order valence-corrected chi connectivity index (χ3v) is 11.1. The number of thiophene rings is 3. The molecule has 1 unspecified atom stereocenters. The van der Waals surface area contributed by atoms with Crippen molar-refractivity contribution in [3.63, 3.8) is 0 Å². The highest BCUT2D eigenvalue weighted by molar-refractivity contribution is 7.26. The molecule has 4 heterocycles. The Morgan fingerprint density at radius 2 is 1.32 bits per heavy atom. The Hall–Kier alpha value is -1.88. The van der Waals surface area contributed by atoms with Gasteiger partial charge in [0.05, 0.1) is 15.7 Å². The monoisotopic (exact) mass is 561 g/mol. The van der Waals surface area contributed by atoms with Crippen molar-refractivity contribution >= 4 is 55.1 Å². The molecule has 38 heavy (non-hydrogen) atoms. The predicted octanol–water partition coefficient (Wildman–Crippen LogP) is 12.7. The first-order valence-corrected chi connectivity index (χ1v) is 17.5. The quantitative estimate of drug-likeness (QED) is 0.106. The fourth-order valence-corrected chi connectivity index (χ4v) is 8.59. The summed E-state index contributed by atoms with van der Waals surface area (Å²) in [4.78, 5) is 4.17.